The fourth-order valence-electron chi connectivity index (χ4n) is 1.83. The molecule has 0 radical (unpaired) electrons. The van der Waals surface area contributed by atoms with E-state index in [1.54, 1.807) is 24.3 Å². The standard InChI is InChI=1S/C16H13ClF2N2O2/c17-12-4-2-1-3-11(12)16(23)20-8-7-15(22)21-14-6-5-10(18)9-13(14)19/h1-6,9H,7-8H2,(H,20,23)(H,21,22). The maximum Gasteiger partial charge on any atom is 0.252 e. The van der Waals surface area contributed by atoms with Crippen molar-refractivity contribution in [3.05, 3.63) is 64.7 Å². The summed E-state index contributed by atoms with van der Waals surface area (Å²) in [6.07, 6.45) is -0.0625. The Hall–Kier alpha value is -2.47. The molecular weight excluding hydrogens is 326 g/mol. The van der Waals surface area contributed by atoms with Crippen LogP contribution in [0.1, 0.15) is 16.8 Å². The molecule has 0 saturated heterocycles. The number of halogens is 3. The van der Waals surface area contributed by atoms with E-state index in [4.69, 9.17) is 11.6 Å². The van der Waals surface area contributed by atoms with Crippen molar-refractivity contribution in [2.45, 2.75) is 6.42 Å². The molecule has 120 valence electrons. The lowest BCUT2D eigenvalue weighted by Gasteiger charge is -2.08. The molecule has 2 rings (SSSR count). The highest BCUT2D eigenvalue weighted by atomic mass is 35.5. The van der Waals surface area contributed by atoms with Crippen molar-refractivity contribution in [1.29, 1.82) is 0 Å². The van der Waals surface area contributed by atoms with Crippen LogP contribution in [0.4, 0.5) is 14.5 Å². The number of benzene rings is 2. The van der Waals surface area contributed by atoms with Crippen LogP contribution in [0.25, 0.3) is 0 Å². The first kappa shape index (κ1) is 16.9. The Kier molecular flexibility index (Phi) is 5.65. The van der Waals surface area contributed by atoms with E-state index in [-0.39, 0.29) is 18.7 Å². The van der Waals surface area contributed by atoms with Crippen LogP contribution in [0.15, 0.2) is 42.5 Å². The van der Waals surface area contributed by atoms with E-state index < -0.39 is 23.4 Å². The third-order valence-electron chi connectivity index (χ3n) is 2.96. The molecular formula is C16H13ClF2N2O2. The average molecular weight is 339 g/mol. The summed E-state index contributed by atoms with van der Waals surface area (Å²) in [4.78, 5) is 23.6. The monoisotopic (exact) mass is 338 g/mol. The molecule has 2 aromatic carbocycles. The van der Waals surface area contributed by atoms with E-state index in [0.717, 1.165) is 12.1 Å². The Labute approximate surface area is 136 Å². The summed E-state index contributed by atoms with van der Waals surface area (Å²) < 4.78 is 26.1. The predicted molar refractivity (Wildman–Crippen MR) is 83.4 cm³/mol. The Morgan fingerprint density at radius 2 is 1.83 bits per heavy atom. The van der Waals surface area contributed by atoms with Gasteiger partial charge in [0.15, 0.2) is 0 Å². The molecule has 0 aliphatic rings. The second-order valence-corrected chi connectivity index (χ2v) is 5.07. The zero-order chi connectivity index (χ0) is 16.8. The molecule has 0 heterocycles. The van der Waals surface area contributed by atoms with Crippen LogP contribution < -0.4 is 10.6 Å². The van der Waals surface area contributed by atoms with Gasteiger partial charge in [-0.05, 0) is 24.3 Å². The largest absolute Gasteiger partial charge is 0.351 e. The Bertz CT molecular complexity index is 738. The van der Waals surface area contributed by atoms with E-state index in [9.17, 15) is 18.4 Å². The summed E-state index contributed by atoms with van der Waals surface area (Å²) in [6.45, 7) is 0.0543. The lowest BCUT2D eigenvalue weighted by molar-refractivity contribution is -0.116. The first-order valence-electron chi connectivity index (χ1n) is 6.75. The highest BCUT2D eigenvalue weighted by Gasteiger charge is 2.11. The summed E-state index contributed by atoms with van der Waals surface area (Å²) in [5, 5.41) is 5.15. The van der Waals surface area contributed by atoms with Crippen molar-refractivity contribution < 1.29 is 18.4 Å². The Morgan fingerprint density at radius 3 is 2.52 bits per heavy atom. The minimum absolute atomic E-state index is 0.0543. The fourth-order valence-corrected chi connectivity index (χ4v) is 2.06. The molecule has 0 aromatic heterocycles. The van der Waals surface area contributed by atoms with Gasteiger partial charge in [0, 0.05) is 19.0 Å². The van der Waals surface area contributed by atoms with Crippen LogP contribution in [0.5, 0.6) is 0 Å². The predicted octanol–water partition coefficient (Wildman–Crippen LogP) is 3.38. The average Bonchev–Trinajstić information content (AvgIpc) is 2.50. The van der Waals surface area contributed by atoms with Crippen LogP contribution in [0.3, 0.4) is 0 Å². The second-order valence-electron chi connectivity index (χ2n) is 4.66. The quantitative estimate of drug-likeness (QED) is 0.878. The van der Waals surface area contributed by atoms with E-state index >= 15 is 0 Å². The lowest BCUT2D eigenvalue weighted by Crippen LogP contribution is -2.28. The molecule has 0 spiro atoms. The summed E-state index contributed by atoms with van der Waals surface area (Å²) >= 11 is 5.89. The SMILES string of the molecule is O=C(CCNC(=O)c1ccccc1Cl)Nc1ccc(F)cc1F. The molecule has 2 N–H and O–H groups in total. The first-order chi connectivity index (χ1) is 11.0. The van der Waals surface area contributed by atoms with Gasteiger partial charge >= 0.3 is 0 Å². The van der Waals surface area contributed by atoms with Crippen molar-refractivity contribution in [1.82, 2.24) is 5.32 Å². The smallest absolute Gasteiger partial charge is 0.252 e. The van der Waals surface area contributed by atoms with Crippen LogP contribution in [0, 0.1) is 11.6 Å². The molecule has 2 amide bonds. The van der Waals surface area contributed by atoms with Crippen LogP contribution in [-0.2, 0) is 4.79 Å². The summed E-state index contributed by atoms with van der Waals surface area (Å²) in [6, 6.07) is 9.36. The highest BCUT2D eigenvalue weighted by Crippen LogP contribution is 2.15. The van der Waals surface area contributed by atoms with Crippen LogP contribution in [0.2, 0.25) is 5.02 Å². The van der Waals surface area contributed by atoms with Gasteiger partial charge in [0.2, 0.25) is 5.91 Å². The zero-order valence-corrected chi connectivity index (χ0v) is 12.7. The molecule has 23 heavy (non-hydrogen) atoms. The number of anilines is 1. The maximum absolute atomic E-state index is 13.4. The van der Waals surface area contributed by atoms with Crippen LogP contribution >= 0.6 is 11.6 Å². The number of hydrogen-bond donors (Lipinski definition) is 2. The normalized spacial score (nSPS) is 10.2. The van der Waals surface area contributed by atoms with Gasteiger partial charge in [0.05, 0.1) is 16.3 Å². The third kappa shape index (κ3) is 4.75. The van der Waals surface area contributed by atoms with E-state index in [2.05, 4.69) is 10.6 Å². The van der Waals surface area contributed by atoms with Crippen molar-refractivity contribution in [3.63, 3.8) is 0 Å². The second kappa shape index (κ2) is 7.69. The fraction of sp³-hybridized carbons (Fsp3) is 0.125. The minimum Gasteiger partial charge on any atom is -0.351 e. The van der Waals surface area contributed by atoms with Gasteiger partial charge < -0.3 is 10.6 Å². The third-order valence-corrected chi connectivity index (χ3v) is 3.29. The maximum atomic E-state index is 13.4. The molecule has 7 heteroatoms. The first-order valence-corrected chi connectivity index (χ1v) is 7.13. The minimum atomic E-state index is -0.863. The molecule has 4 nitrogen and oxygen atoms in total. The van der Waals surface area contributed by atoms with Gasteiger partial charge in [-0.3, -0.25) is 9.59 Å². The Morgan fingerprint density at radius 1 is 1.09 bits per heavy atom. The Balaban J connectivity index is 1.83. The summed E-state index contributed by atoms with van der Waals surface area (Å²) in [7, 11) is 0. The molecule has 0 aliphatic heterocycles. The van der Waals surface area contributed by atoms with Gasteiger partial charge in [0.25, 0.3) is 5.91 Å². The molecule has 0 fully saturated rings. The topological polar surface area (TPSA) is 58.2 Å². The van der Waals surface area contributed by atoms with Gasteiger partial charge in [-0.15, -0.1) is 0 Å². The van der Waals surface area contributed by atoms with Crippen molar-refractivity contribution >= 4 is 29.1 Å². The summed E-state index contributed by atoms with van der Waals surface area (Å²) in [5.41, 5.74) is 0.188. The molecule has 0 aliphatic carbocycles. The highest BCUT2D eigenvalue weighted by molar-refractivity contribution is 6.33. The number of nitrogens with one attached hydrogen (secondary N) is 2. The number of hydrogen-bond acceptors (Lipinski definition) is 2. The number of amides is 2. The number of carbonyl (C=O) groups is 2. The van der Waals surface area contributed by atoms with Crippen molar-refractivity contribution in [2.24, 2.45) is 0 Å². The van der Waals surface area contributed by atoms with Gasteiger partial charge in [0.1, 0.15) is 11.6 Å². The number of carbonyl (C=O) groups excluding carboxylic acids is 2. The lowest BCUT2D eigenvalue weighted by atomic mass is 10.2. The zero-order valence-electron chi connectivity index (χ0n) is 11.9. The van der Waals surface area contributed by atoms with E-state index in [0.29, 0.717) is 16.7 Å². The van der Waals surface area contributed by atoms with Crippen molar-refractivity contribution in [2.75, 3.05) is 11.9 Å². The van der Waals surface area contributed by atoms with E-state index in [1.807, 2.05) is 0 Å². The summed E-state index contributed by atoms with van der Waals surface area (Å²) in [5.74, 6) is -2.50. The van der Waals surface area contributed by atoms with Crippen LogP contribution in [-0.4, -0.2) is 18.4 Å². The molecule has 0 unspecified atom stereocenters. The van der Waals surface area contributed by atoms with E-state index in [1.165, 1.54) is 0 Å². The molecule has 0 bridgehead atoms. The number of rotatable bonds is 5. The molecule has 0 atom stereocenters. The molecule has 0 saturated carbocycles. The van der Waals surface area contributed by atoms with Gasteiger partial charge in [-0.25, -0.2) is 8.78 Å². The molecule has 2 aromatic rings. The van der Waals surface area contributed by atoms with Gasteiger partial charge in [-0.2, -0.15) is 0 Å². The van der Waals surface area contributed by atoms with Crippen molar-refractivity contribution in [3.8, 4) is 0 Å². The van der Waals surface area contributed by atoms with Gasteiger partial charge in [-0.1, -0.05) is 23.7 Å².